The van der Waals surface area contributed by atoms with Gasteiger partial charge in [0, 0.05) is 24.2 Å². The molecule has 0 unspecified atom stereocenters. The normalized spacial score (nSPS) is 13.6. The van der Waals surface area contributed by atoms with Crippen molar-refractivity contribution in [2.24, 2.45) is 5.92 Å². The summed E-state index contributed by atoms with van der Waals surface area (Å²) in [5.41, 5.74) is 1.68. The van der Waals surface area contributed by atoms with Gasteiger partial charge in [-0.1, -0.05) is 24.6 Å². The highest BCUT2D eigenvalue weighted by Gasteiger charge is 2.22. The summed E-state index contributed by atoms with van der Waals surface area (Å²) in [7, 11) is 1.49. The van der Waals surface area contributed by atoms with E-state index in [1.54, 1.807) is 24.4 Å². The van der Waals surface area contributed by atoms with Gasteiger partial charge in [0.1, 0.15) is 0 Å². The largest absolute Gasteiger partial charge is 0.481 e. The fourth-order valence-corrected chi connectivity index (χ4v) is 3.33. The van der Waals surface area contributed by atoms with Crippen LogP contribution in [-0.2, 0) is 0 Å². The Kier molecular flexibility index (Phi) is 5.37. The van der Waals surface area contributed by atoms with Gasteiger partial charge < -0.3 is 15.4 Å². The topological polar surface area (TPSA) is 93.2 Å². The molecule has 4 rings (SSSR count). The highest BCUT2D eigenvalue weighted by atomic mass is 16.5. The van der Waals surface area contributed by atoms with Crippen LogP contribution >= 0.6 is 0 Å². The molecule has 0 atom stereocenters. The van der Waals surface area contributed by atoms with Gasteiger partial charge in [0.2, 0.25) is 5.88 Å². The third-order valence-corrected chi connectivity index (χ3v) is 5.21. The molecule has 2 amide bonds. The smallest absolute Gasteiger partial charge is 0.272 e. The molecule has 0 radical (unpaired) electrons. The quantitative estimate of drug-likeness (QED) is 0.673. The van der Waals surface area contributed by atoms with Crippen LogP contribution in [0.25, 0.3) is 10.9 Å². The molecule has 0 spiro atoms. The average Bonchev–Trinajstić information content (AvgIpc) is 2.72. The molecule has 3 aromatic rings. The fourth-order valence-electron chi connectivity index (χ4n) is 3.33. The van der Waals surface area contributed by atoms with Gasteiger partial charge in [0.25, 0.3) is 11.8 Å². The first-order valence-electron chi connectivity index (χ1n) is 9.64. The number of aromatic nitrogens is 2. The van der Waals surface area contributed by atoms with Crippen molar-refractivity contribution >= 4 is 28.4 Å². The van der Waals surface area contributed by atoms with E-state index in [1.807, 2.05) is 24.3 Å². The molecule has 7 nitrogen and oxygen atoms in total. The fraction of sp³-hybridized carbons (Fsp3) is 0.273. The number of para-hydroxylation sites is 1. The lowest BCUT2D eigenvalue weighted by atomic mass is 9.85. The Bertz CT molecular complexity index is 1060. The van der Waals surface area contributed by atoms with Gasteiger partial charge >= 0.3 is 0 Å². The molecule has 1 aromatic carbocycles. The highest BCUT2D eigenvalue weighted by molar-refractivity contribution is 6.14. The van der Waals surface area contributed by atoms with Crippen molar-refractivity contribution in [2.75, 3.05) is 19.0 Å². The molecule has 1 saturated carbocycles. The van der Waals surface area contributed by atoms with Crippen molar-refractivity contribution in [3.63, 3.8) is 0 Å². The number of pyridine rings is 2. The minimum Gasteiger partial charge on any atom is -0.481 e. The number of hydrogen-bond donors (Lipinski definition) is 2. The summed E-state index contributed by atoms with van der Waals surface area (Å²) in [5, 5.41) is 6.48. The predicted molar refractivity (Wildman–Crippen MR) is 110 cm³/mol. The Balaban J connectivity index is 1.60. The van der Waals surface area contributed by atoms with Crippen LogP contribution in [-0.4, -0.2) is 35.4 Å². The number of nitrogens with zero attached hydrogens (tertiary/aromatic N) is 2. The Morgan fingerprint density at radius 3 is 2.69 bits per heavy atom. The molecule has 1 aliphatic rings. The summed E-state index contributed by atoms with van der Waals surface area (Å²) >= 11 is 0. The number of fused-ring (bicyclic) bond motifs is 1. The zero-order valence-corrected chi connectivity index (χ0v) is 16.1. The van der Waals surface area contributed by atoms with Crippen molar-refractivity contribution in [1.29, 1.82) is 0 Å². The maximum atomic E-state index is 12.9. The van der Waals surface area contributed by atoms with Gasteiger partial charge in [-0.25, -0.2) is 4.98 Å². The summed E-state index contributed by atoms with van der Waals surface area (Å²) in [4.78, 5) is 34.2. The van der Waals surface area contributed by atoms with E-state index in [-0.39, 0.29) is 17.5 Å². The summed E-state index contributed by atoms with van der Waals surface area (Å²) in [6.07, 6.45) is 5.06. The van der Waals surface area contributed by atoms with E-state index >= 15 is 0 Å². The first kappa shape index (κ1) is 18.9. The lowest BCUT2D eigenvalue weighted by Crippen LogP contribution is -2.33. The summed E-state index contributed by atoms with van der Waals surface area (Å²) in [6.45, 7) is 0.611. The van der Waals surface area contributed by atoms with Crippen molar-refractivity contribution in [3.8, 4) is 5.88 Å². The summed E-state index contributed by atoms with van der Waals surface area (Å²) < 4.78 is 5.15. The molecular weight excluding hydrogens is 368 g/mol. The minimum atomic E-state index is -0.330. The first-order chi connectivity index (χ1) is 14.2. The molecule has 1 aliphatic carbocycles. The lowest BCUT2D eigenvalue weighted by molar-refractivity contribution is 0.0934. The number of methoxy groups -OCH3 is 1. The monoisotopic (exact) mass is 390 g/mol. The van der Waals surface area contributed by atoms with Gasteiger partial charge in [-0.2, -0.15) is 0 Å². The number of anilines is 1. The first-order valence-corrected chi connectivity index (χ1v) is 9.64. The lowest BCUT2D eigenvalue weighted by Gasteiger charge is -2.25. The molecule has 1 fully saturated rings. The van der Waals surface area contributed by atoms with Crippen LogP contribution in [0.4, 0.5) is 5.69 Å². The van der Waals surface area contributed by atoms with Crippen LogP contribution in [0.1, 0.15) is 40.1 Å². The van der Waals surface area contributed by atoms with E-state index in [9.17, 15) is 9.59 Å². The Hall–Kier alpha value is -3.48. The molecule has 7 heteroatoms. The third kappa shape index (κ3) is 4.03. The van der Waals surface area contributed by atoms with Crippen molar-refractivity contribution < 1.29 is 14.3 Å². The van der Waals surface area contributed by atoms with Gasteiger partial charge in [0.15, 0.2) is 5.69 Å². The minimum absolute atomic E-state index is 0.135. The number of carbonyl (C=O) groups is 2. The number of carbonyl (C=O) groups excluding carboxylic acids is 2. The highest BCUT2D eigenvalue weighted by Crippen LogP contribution is 2.26. The molecule has 2 N–H and O–H groups in total. The second kappa shape index (κ2) is 8.26. The summed E-state index contributed by atoms with van der Waals surface area (Å²) in [5.74, 6) is 0.172. The maximum absolute atomic E-state index is 12.9. The zero-order chi connectivity index (χ0) is 20.2. The molecule has 0 bridgehead atoms. The van der Waals surface area contributed by atoms with Gasteiger partial charge in [-0.05, 0) is 37.0 Å². The number of benzene rings is 1. The van der Waals surface area contributed by atoms with Crippen LogP contribution in [0.5, 0.6) is 5.88 Å². The van der Waals surface area contributed by atoms with E-state index in [0.717, 1.165) is 23.7 Å². The van der Waals surface area contributed by atoms with Crippen LogP contribution < -0.4 is 15.4 Å². The molecule has 0 saturated heterocycles. The molecule has 148 valence electrons. The van der Waals surface area contributed by atoms with Gasteiger partial charge in [-0.15, -0.1) is 0 Å². The summed E-state index contributed by atoms with van der Waals surface area (Å²) in [6, 6.07) is 12.3. The molecule has 2 aromatic heterocycles. The molecule has 2 heterocycles. The number of ether oxygens (including phenoxy) is 1. The van der Waals surface area contributed by atoms with E-state index in [4.69, 9.17) is 4.74 Å². The standard InChI is InChI=1S/C22H22N4O3/c1-29-19-10-9-18(20(26-19)22(28)24-13-14-5-4-6-14)25-21(27)16-11-12-23-17-8-3-2-7-15(16)17/h2-3,7-12,14H,4-6,13H2,1H3,(H,24,28)(H,25,27). The zero-order valence-electron chi connectivity index (χ0n) is 16.1. The SMILES string of the molecule is COc1ccc(NC(=O)c2ccnc3ccccc23)c(C(=O)NCC2CCC2)n1. The Morgan fingerprint density at radius 2 is 1.93 bits per heavy atom. The number of amides is 2. The van der Waals surface area contributed by atoms with Crippen LogP contribution in [0, 0.1) is 5.92 Å². The number of rotatable bonds is 6. The number of nitrogens with one attached hydrogen (secondary N) is 2. The van der Waals surface area contributed by atoms with Gasteiger partial charge in [0.05, 0.1) is 23.9 Å². The van der Waals surface area contributed by atoms with Gasteiger partial charge in [-0.3, -0.25) is 14.6 Å². The molecule has 29 heavy (non-hydrogen) atoms. The second-order valence-electron chi connectivity index (χ2n) is 7.09. The van der Waals surface area contributed by atoms with Crippen molar-refractivity contribution in [2.45, 2.75) is 19.3 Å². The van der Waals surface area contributed by atoms with E-state index in [2.05, 4.69) is 20.6 Å². The second-order valence-corrected chi connectivity index (χ2v) is 7.09. The maximum Gasteiger partial charge on any atom is 0.272 e. The third-order valence-electron chi connectivity index (χ3n) is 5.21. The van der Waals surface area contributed by atoms with Crippen LogP contribution in [0.2, 0.25) is 0 Å². The predicted octanol–water partition coefficient (Wildman–Crippen LogP) is 3.42. The van der Waals surface area contributed by atoms with Crippen molar-refractivity contribution in [1.82, 2.24) is 15.3 Å². The van der Waals surface area contributed by atoms with E-state index in [1.165, 1.54) is 13.5 Å². The van der Waals surface area contributed by atoms with Crippen LogP contribution in [0.3, 0.4) is 0 Å². The average molecular weight is 390 g/mol. The van der Waals surface area contributed by atoms with Crippen molar-refractivity contribution in [3.05, 3.63) is 59.9 Å². The molecule has 0 aliphatic heterocycles. The molecular formula is C22H22N4O3. The van der Waals surface area contributed by atoms with E-state index in [0.29, 0.717) is 29.6 Å². The Labute approximate surface area is 168 Å². The van der Waals surface area contributed by atoms with Crippen LogP contribution in [0.15, 0.2) is 48.7 Å². The number of hydrogen-bond acceptors (Lipinski definition) is 5. The Morgan fingerprint density at radius 1 is 1.10 bits per heavy atom. The van der Waals surface area contributed by atoms with E-state index < -0.39 is 0 Å².